The Bertz CT molecular complexity index is 800. The number of allylic oxidation sites excluding steroid dienone is 1. The predicted octanol–water partition coefficient (Wildman–Crippen LogP) is 4.29. The van der Waals surface area contributed by atoms with E-state index in [1.54, 1.807) is 18.5 Å². The Balaban J connectivity index is 1.96. The zero-order chi connectivity index (χ0) is 14.7. The van der Waals surface area contributed by atoms with Crippen molar-refractivity contribution in [2.24, 2.45) is 0 Å². The summed E-state index contributed by atoms with van der Waals surface area (Å²) in [5.41, 5.74) is 2.61. The minimum Gasteiger partial charge on any atom is -0.452 e. The Morgan fingerprint density at radius 3 is 2.86 bits per heavy atom. The summed E-state index contributed by atoms with van der Waals surface area (Å²) in [4.78, 5) is 16.4. The normalized spacial score (nSPS) is 11.3. The van der Waals surface area contributed by atoms with Gasteiger partial charge in [-0.3, -0.25) is 9.78 Å². The van der Waals surface area contributed by atoms with Gasteiger partial charge in [0.1, 0.15) is 5.58 Å². The summed E-state index contributed by atoms with van der Waals surface area (Å²) in [5, 5.41) is 1.01. The smallest absolute Gasteiger partial charge is 0.221 e. The highest BCUT2D eigenvalue weighted by Crippen LogP contribution is 2.27. The summed E-state index contributed by atoms with van der Waals surface area (Å²) in [6.45, 7) is 2.03. The van der Waals surface area contributed by atoms with Crippen molar-refractivity contribution in [1.29, 1.82) is 0 Å². The maximum absolute atomic E-state index is 12.4. The number of aromatic nitrogens is 1. The van der Waals surface area contributed by atoms with Crippen LogP contribution in [0.3, 0.4) is 0 Å². The third kappa shape index (κ3) is 2.63. The molecule has 3 rings (SSSR count). The molecular weight excluding hydrogens is 262 g/mol. The SMILES string of the molecule is CCc1c(C(=O)/C=C/c2cccnc2)oc2ccccc12. The molecule has 0 amide bonds. The molecule has 0 bridgehead atoms. The van der Waals surface area contributed by atoms with Crippen LogP contribution in [0, 0.1) is 0 Å². The molecule has 0 aliphatic heterocycles. The fourth-order valence-corrected chi connectivity index (χ4v) is 2.37. The summed E-state index contributed by atoms with van der Waals surface area (Å²) in [6.07, 6.45) is 7.46. The van der Waals surface area contributed by atoms with Gasteiger partial charge in [0, 0.05) is 23.3 Å². The highest BCUT2D eigenvalue weighted by Gasteiger charge is 2.16. The molecule has 104 valence electrons. The van der Waals surface area contributed by atoms with E-state index in [4.69, 9.17) is 4.42 Å². The average Bonchev–Trinajstić information content (AvgIpc) is 2.92. The Hall–Kier alpha value is -2.68. The number of ketones is 1. The first-order chi connectivity index (χ1) is 10.3. The molecule has 3 nitrogen and oxygen atoms in total. The highest BCUT2D eigenvalue weighted by molar-refractivity contribution is 6.08. The first-order valence-electron chi connectivity index (χ1n) is 6.92. The molecule has 0 aliphatic carbocycles. The molecule has 0 atom stereocenters. The molecule has 0 aliphatic rings. The third-order valence-corrected chi connectivity index (χ3v) is 3.39. The first kappa shape index (κ1) is 13.3. The predicted molar refractivity (Wildman–Crippen MR) is 83.2 cm³/mol. The summed E-state index contributed by atoms with van der Waals surface area (Å²) >= 11 is 0. The lowest BCUT2D eigenvalue weighted by atomic mass is 10.1. The van der Waals surface area contributed by atoms with Crippen molar-refractivity contribution in [1.82, 2.24) is 4.98 Å². The van der Waals surface area contributed by atoms with Crippen LogP contribution in [0.25, 0.3) is 17.0 Å². The van der Waals surface area contributed by atoms with Gasteiger partial charge in [0.2, 0.25) is 5.78 Å². The highest BCUT2D eigenvalue weighted by atomic mass is 16.3. The molecule has 0 spiro atoms. The number of carbonyl (C=O) groups excluding carboxylic acids is 1. The van der Waals surface area contributed by atoms with E-state index in [-0.39, 0.29) is 5.78 Å². The van der Waals surface area contributed by atoms with Crippen LogP contribution < -0.4 is 0 Å². The Labute approximate surface area is 122 Å². The van der Waals surface area contributed by atoms with E-state index in [1.807, 2.05) is 43.3 Å². The van der Waals surface area contributed by atoms with Crippen LogP contribution >= 0.6 is 0 Å². The van der Waals surface area contributed by atoms with E-state index in [1.165, 1.54) is 6.08 Å². The van der Waals surface area contributed by atoms with Crippen LogP contribution in [0.2, 0.25) is 0 Å². The standard InChI is InChI=1S/C18H15NO2/c1-2-14-15-7-3-4-8-17(15)21-18(14)16(20)10-9-13-6-5-11-19-12-13/h3-12H,2H2,1H3/b10-9+. The lowest BCUT2D eigenvalue weighted by Crippen LogP contribution is -1.96. The van der Waals surface area contributed by atoms with Crippen molar-refractivity contribution in [3.05, 3.63) is 71.8 Å². The monoisotopic (exact) mass is 277 g/mol. The molecular formula is C18H15NO2. The van der Waals surface area contributed by atoms with Crippen molar-refractivity contribution in [3.63, 3.8) is 0 Å². The molecule has 0 fully saturated rings. The topological polar surface area (TPSA) is 43.1 Å². The zero-order valence-electron chi connectivity index (χ0n) is 11.7. The molecule has 0 saturated heterocycles. The minimum absolute atomic E-state index is 0.119. The first-order valence-corrected chi connectivity index (χ1v) is 6.92. The molecule has 3 aromatic rings. The number of furan rings is 1. The van der Waals surface area contributed by atoms with Crippen molar-refractivity contribution in [2.45, 2.75) is 13.3 Å². The summed E-state index contributed by atoms with van der Waals surface area (Å²) < 4.78 is 5.72. The number of fused-ring (bicyclic) bond motifs is 1. The number of pyridine rings is 1. The number of nitrogens with zero attached hydrogens (tertiary/aromatic N) is 1. The largest absolute Gasteiger partial charge is 0.452 e. The molecule has 1 aromatic carbocycles. The van der Waals surface area contributed by atoms with Gasteiger partial charge in [-0.05, 0) is 36.3 Å². The minimum atomic E-state index is -0.119. The quantitative estimate of drug-likeness (QED) is 0.528. The number of hydrogen-bond donors (Lipinski definition) is 0. The lowest BCUT2D eigenvalue weighted by Gasteiger charge is -1.95. The number of carbonyl (C=O) groups is 1. The number of benzene rings is 1. The molecule has 2 heterocycles. The van der Waals surface area contributed by atoms with E-state index in [0.717, 1.165) is 28.5 Å². The second-order valence-corrected chi connectivity index (χ2v) is 4.74. The zero-order valence-corrected chi connectivity index (χ0v) is 11.7. The van der Waals surface area contributed by atoms with E-state index in [2.05, 4.69) is 4.98 Å². The Morgan fingerprint density at radius 2 is 2.10 bits per heavy atom. The third-order valence-electron chi connectivity index (χ3n) is 3.39. The van der Waals surface area contributed by atoms with Crippen molar-refractivity contribution in [3.8, 4) is 0 Å². The maximum atomic E-state index is 12.4. The van der Waals surface area contributed by atoms with Gasteiger partial charge in [-0.25, -0.2) is 0 Å². The van der Waals surface area contributed by atoms with Crippen molar-refractivity contribution in [2.75, 3.05) is 0 Å². The molecule has 2 aromatic heterocycles. The summed E-state index contributed by atoms with van der Waals surface area (Å²) in [6, 6.07) is 11.5. The molecule has 0 unspecified atom stereocenters. The van der Waals surface area contributed by atoms with Crippen LogP contribution in [0.1, 0.15) is 28.6 Å². The molecule has 0 saturated carbocycles. The number of para-hydroxylation sites is 1. The van der Waals surface area contributed by atoms with Gasteiger partial charge in [0.05, 0.1) is 0 Å². The number of hydrogen-bond acceptors (Lipinski definition) is 3. The van der Waals surface area contributed by atoms with E-state index >= 15 is 0 Å². The molecule has 21 heavy (non-hydrogen) atoms. The van der Waals surface area contributed by atoms with Crippen LogP contribution in [0.5, 0.6) is 0 Å². The van der Waals surface area contributed by atoms with Gasteiger partial charge >= 0.3 is 0 Å². The van der Waals surface area contributed by atoms with Crippen molar-refractivity contribution >= 4 is 22.8 Å². The summed E-state index contributed by atoms with van der Waals surface area (Å²) in [7, 11) is 0. The van der Waals surface area contributed by atoms with E-state index in [0.29, 0.717) is 5.76 Å². The summed E-state index contributed by atoms with van der Waals surface area (Å²) in [5.74, 6) is 0.311. The van der Waals surface area contributed by atoms with E-state index < -0.39 is 0 Å². The Morgan fingerprint density at radius 1 is 1.24 bits per heavy atom. The van der Waals surface area contributed by atoms with Gasteiger partial charge in [0.25, 0.3) is 0 Å². The lowest BCUT2D eigenvalue weighted by molar-refractivity contribution is 0.102. The number of rotatable bonds is 4. The maximum Gasteiger partial charge on any atom is 0.221 e. The average molecular weight is 277 g/mol. The second-order valence-electron chi connectivity index (χ2n) is 4.74. The molecule has 0 radical (unpaired) electrons. The van der Waals surface area contributed by atoms with E-state index in [9.17, 15) is 4.79 Å². The van der Waals surface area contributed by atoms with Crippen molar-refractivity contribution < 1.29 is 9.21 Å². The van der Waals surface area contributed by atoms with Gasteiger partial charge in [0.15, 0.2) is 5.76 Å². The van der Waals surface area contributed by atoms with Crippen LogP contribution in [0.15, 0.2) is 59.3 Å². The molecule has 0 N–H and O–H groups in total. The van der Waals surface area contributed by atoms with Crippen LogP contribution in [-0.4, -0.2) is 10.8 Å². The van der Waals surface area contributed by atoms with Gasteiger partial charge < -0.3 is 4.42 Å². The fraction of sp³-hybridized carbons (Fsp3) is 0.111. The van der Waals surface area contributed by atoms with Crippen LogP contribution in [-0.2, 0) is 6.42 Å². The second kappa shape index (κ2) is 5.75. The molecule has 3 heteroatoms. The van der Waals surface area contributed by atoms with Crippen LogP contribution in [0.4, 0.5) is 0 Å². The number of aryl methyl sites for hydroxylation is 1. The fourth-order valence-electron chi connectivity index (χ4n) is 2.37. The van der Waals surface area contributed by atoms with Gasteiger partial charge in [-0.2, -0.15) is 0 Å². The van der Waals surface area contributed by atoms with Gasteiger partial charge in [-0.1, -0.05) is 31.2 Å². The Kier molecular flexibility index (Phi) is 3.65. The van der Waals surface area contributed by atoms with Gasteiger partial charge in [-0.15, -0.1) is 0 Å².